The topological polar surface area (TPSA) is 78.4 Å². The Kier molecular flexibility index (Phi) is 3.56. The van der Waals surface area contributed by atoms with Gasteiger partial charge < -0.3 is 15.7 Å². The molecule has 0 aliphatic heterocycles. The molecule has 1 aliphatic rings. The number of carboxylic acids is 1. The van der Waals surface area contributed by atoms with Crippen molar-refractivity contribution in [1.82, 2.24) is 10.6 Å². The molecular weight excluding hydrogens is 196 g/mol. The van der Waals surface area contributed by atoms with Gasteiger partial charge in [-0.3, -0.25) is 0 Å². The molecule has 0 radical (unpaired) electrons. The highest BCUT2D eigenvalue weighted by Crippen LogP contribution is 2.28. The Morgan fingerprint density at radius 3 is 2.67 bits per heavy atom. The normalized spacial score (nSPS) is 24.8. The number of hydrogen-bond acceptors (Lipinski definition) is 2. The van der Waals surface area contributed by atoms with Crippen molar-refractivity contribution >= 4 is 12.0 Å². The fourth-order valence-corrected chi connectivity index (χ4v) is 1.21. The van der Waals surface area contributed by atoms with E-state index in [2.05, 4.69) is 16.6 Å². The Labute approximate surface area is 88.2 Å². The first kappa shape index (κ1) is 11.4. The molecule has 0 aromatic carbocycles. The average Bonchev–Trinajstić information content (AvgIpc) is 2.80. The summed E-state index contributed by atoms with van der Waals surface area (Å²) in [5.74, 6) is 1.57. The summed E-state index contributed by atoms with van der Waals surface area (Å²) in [5, 5.41) is 13.7. The Balaban J connectivity index is 2.34. The van der Waals surface area contributed by atoms with Gasteiger partial charge >= 0.3 is 12.0 Å². The minimum atomic E-state index is -1.12. The second-order valence-corrected chi connectivity index (χ2v) is 3.74. The largest absolute Gasteiger partial charge is 0.480 e. The van der Waals surface area contributed by atoms with Crippen LogP contribution in [0.3, 0.4) is 0 Å². The van der Waals surface area contributed by atoms with Gasteiger partial charge in [-0.25, -0.2) is 9.59 Å². The minimum absolute atomic E-state index is 0.0109. The Morgan fingerprint density at radius 1 is 1.67 bits per heavy atom. The molecule has 0 heterocycles. The van der Waals surface area contributed by atoms with Crippen LogP contribution in [-0.2, 0) is 4.79 Å². The lowest BCUT2D eigenvalue weighted by Crippen LogP contribution is -2.46. The lowest BCUT2D eigenvalue weighted by molar-refractivity contribution is -0.139. The van der Waals surface area contributed by atoms with Gasteiger partial charge in [0.1, 0.15) is 6.04 Å². The number of nitrogens with one attached hydrogen (secondary N) is 2. The van der Waals surface area contributed by atoms with Crippen LogP contribution in [0.15, 0.2) is 0 Å². The van der Waals surface area contributed by atoms with E-state index in [4.69, 9.17) is 11.5 Å². The molecule has 0 aromatic rings. The lowest BCUT2D eigenvalue weighted by atomic mass is 10.2. The lowest BCUT2D eigenvalue weighted by Gasteiger charge is -2.12. The number of rotatable bonds is 4. The number of amides is 2. The predicted octanol–water partition coefficient (Wildman–Crippen LogP) is 0.170. The first-order chi connectivity index (χ1) is 7.04. The number of terminal acetylenes is 1. The smallest absolute Gasteiger partial charge is 0.327 e. The summed E-state index contributed by atoms with van der Waals surface area (Å²) in [6.45, 7) is 2.01. The van der Waals surface area contributed by atoms with Crippen molar-refractivity contribution in [2.75, 3.05) is 0 Å². The van der Waals surface area contributed by atoms with Crippen molar-refractivity contribution in [3.63, 3.8) is 0 Å². The van der Waals surface area contributed by atoms with Crippen LogP contribution in [0, 0.1) is 18.3 Å². The van der Waals surface area contributed by atoms with Crippen molar-refractivity contribution < 1.29 is 14.7 Å². The van der Waals surface area contributed by atoms with Crippen LogP contribution in [0.25, 0.3) is 0 Å². The number of aliphatic carboxylic acids is 1. The molecule has 2 amide bonds. The molecule has 0 aromatic heterocycles. The second kappa shape index (κ2) is 4.69. The van der Waals surface area contributed by atoms with Gasteiger partial charge in [-0.1, -0.05) is 6.92 Å². The van der Waals surface area contributed by atoms with E-state index in [1.807, 2.05) is 6.92 Å². The highest BCUT2D eigenvalue weighted by atomic mass is 16.4. The average molecular weight is 210 g/mol. The molecular formula is C10H14N2O3. The Hall–Kier alpha value is -1.70. The molecule has 1 saturated carbocycles. The summed E-state index contributed by atoms with van der Waals surface area (Å²) < 4.78 is 0. The van der Waals surface area contributed by atoms with Crippen LogP contribution >= 0.6 is 0 Å². The van der Waals surface area contributed by atoms with E-state index < -0.39 is 18.0 Å². The Bertz CT molecular complexity index is 308. The van der Waals surface area contributed by atoms with Crippen LogP contribution in [-0.4, -0.2) is 29.2 Å². The van der Waals surface area contributed by atoms with Crippen molar-refractivity contribution in [2.24, 2.45) is 5.92 Å². The van der Waals surface area contributed by atoms with E-state index in [1.54, 1.807) is 0 Å². The maximum atomic E-state index is 11.3. The molecule has 1 rings (SSSR count). The monoisotopic (exact) mass is 210 g/mol. The molecule has 0 spiro atoms. The standard InChI is InChI=1S/C10H14N2O3/c1-3-4-7(9(13)14)11-10(15)12-8-5-6(8)2/h1,6-8H,4-5H2,2H3,(H,13,14)(H2,11,12,15). The predicted molar refractivity (Wildman–Crippen MR) is 54.1 cm³/mol. The van der Waals surface area contributed by atoms with Crippen LogP contribution in [0.1, 0.15) is 19.8 Å². The van der Waals surface area contributed by atoms with Crippen LogP contribution in [0.2, 0.25) is 0 Å². The van der Waals surface area contributed by atoms with Crippen molar-refractivity contribution in [3.05, 3.63) is 0 Å². The first-order valence-corrected chi connectivity index (χ1v) is 4.78. The van der Waals surface area contributed by atoms with Crippen LogP contribution < -0.4 is 10.6 Å². The molecule has 1 fully saturated rings. The molecule has 3 atom stereocenters. The summed E-state index contributed by atoms with van der Waals surface area (Å²) in [6, 6.07) is -1.30. The van der Waals surface area contributed by atoms with E-state index in [1.165, 1.54) is 0 Å². The van der Waals surface area contributed by atoms with E-state index in [0.29, 0.717) is 5.92 Å². The maximum Gasteiger partial charge on any atom is 0.327 e. The number of urea groups is 1. The molecule has 1 aliphatic carbocycles. The van der Waals surface area contributed by atoms with Crippen LogP contribution in [0.5, 0.6) is 0 Å². The molecule has 3 unspecified atom stereocenters. The highest BCUT2D eigenvalue weighted by molar-refractivity contribution is 5.83. The molecule has 5 heteroatoms. The second-order valence-electron chi connectivity index (χ2n) is 3.74. The third-order valence-corrected chi connectivity index (χ3v) is 2.35. The van der Waals surface area contributed by atoms with Gasteiger partial charge in [-0.2, -0.15) is 0 Å². The third-order valence-electron chi connectivity index (χ3n) is 2.35. The number of hydrogen-bond donors (Lipinski definition) is 3. The Morgan fingerprint density at radius 2 is 2.27 bits per heavy atom. The van der Waals surface area contributed by atoms with Crippen molar-refractivity contribution in [2.45, 2.75) is 31.8 Å². The number of carbonyl (C=O) groups excluding carboxylic acids is 1. The van der Waals surface area contributed by atoms with Gasteiger partial charge in [0, 0.05) is 12.5 Å². The molecule has 82 valence electrons. The van der Waals surface area contributed by atoms with E-state index >= 15 is 0 Å². The zero-order valence-corrected chi connectivity index (χ0v) is 8.49. The third kappa shape index (κ3) is 3.50. The number of carboxylic acid groups (broad SMARTS) is 1. The van der Waals surface area contributed by atoms with Gasteiger partial charge in [0.15, 0.2) is 0 Å². The van der Waals surface area contributed by atoms with Gasteiger partial charge in [0.2, 0.25) is 0 Å². The van der Waals surface area contributed by atoms with E-state index in [0.717, 1.165) is 6.42 Å². The van der Waals surface area contributed by atoms with Crippen molar-refractivity contribution in [1.29, 1.82) is 0 Å². The molecule has 0 saturated heterocycles. The minimum Gasteiger partial charge on any atom is -0.480 e. The summed E-state index contributed by atoms with van der Waals surface area (Å²) in [7, 11) is 0. The van der Waals surface area contributed by atoms with Gasteiger partial charge in [0.25, 0.3) is 0 Å². The van der Waals surface area contributed by atoms with Gasteiger partial charge in [-0.15, -0.1) is 12.3 Å². The number of carbonyl (C=O) groups is 2. The fourth-order valence-electron chi connectivity index (χ4n) is 1.21. The summed E-state index contributed by atoms with van der Waals surface area (Å²) in [5.41, 5.74) is 0. The van der Waals surface area contributed by atoms with E-state index in [-0.39, 0.29) is 12.5 Å². The first-order valence-electron chi connectivity index (χ1n) is 4.78. The van der Waals surface area contributed by atoms with Crippen LogP contribution in [0.4, 0.5) is 4.79 Å². The molecule has 15 heavy (non-hydrogen) atoms. The highest BCUT2D eigenvalue weighted by Gasteiger charge is 2.34. The summed E-state index contributed by atoms with van der Waals surface area (Å²) in [4.78, 5) is 21.9. The fraction of sp³-hybridized carbons (Fsp3) is 0.600. The SMILES string of the molecule is C#CCC(NC(=O)NC1CC1C)C(=O)O. The zero-order valence-electron chi connectivity index (χ0n) is 8.49. The summed E-state index contributed by atoms with van der Waals surface area (Å²) in [6.07, 6.45) is 5.93. The molecule has 5 nitrogen and oxygen atoms in total. The van der Waals surface area contributed by atoms with Gasteiger partial charge in [0.05, 0.1) is 0 Å². The maximum absolute atomic E-state index is 11.3. The molecule has 3 N–H and O–H groups in total. The molecule has 0 bridgehead atoms. The van der Waals surface area contributed by atoms with Crippen molar-refractivity contribution in [3.8, 4) is 12.3 Å². The summed E-state index contributed by atoms with van der Waals surface area (Å²) >= 11 is 0. The quantitative estimate of drug-likeness (QED) is 0.579. The van der Waals surface area contributed by atoms with Gasteiger partial charge in [-0.05, 0) is 12.3 Å². The zero-order chi connectivity index (χ0) is 11.4. The van der Waals surface area contributed by atoms with E-state index in [9.17, 15) is 9.59 Å².